The second-order valence-electron chi connectivity index (χ2n) is 3.88. The third-order valence-electron chi connectivity index (χ3n) is 2.69. The lowest BCUT2D eigenvalue weighted by molar-refractivity contribution is 0.111. The summed E-state index contributed by atoms with van der Waals surface area (Å²) < 4.78 is 24.1. The van der Waals surface area contributed by atoms with E-state index in [1.54, 1.807) is 36.4 Å². The molecule has 0 bridgehead atoms. The Labute approximate surface area is 110 Å². The highest BCUT2D eigenvalue weighted by Crippen LogP contribution is 2.30. The molecule has 0 aliphatic heterocycles. The molecule has 0 saturated carbocycles. The maximum absolute atomic E-state index is 13.5. The molecule has 0 N–H and O–H groups in total. The van der Waals surface area contributed by atoms with Gasteiger partial charge < -0.3 is 9.47 Å². The van der Waals surface area contributed by atoms with Crippen molar-refractivity contribution < 1.29 is 18.7 Å². The second kappa shape index (κ2) is 6.00. The molecule has 0 aliphatic carbocycles. The van der Waals surface area contributed by atoms with Gasteiger partial charge in [0.2, 0.25) is 0 Å². The van der Waals surface area contributed by atoms with Gasteiger partial charge in [-0.15, -0.1) is 0 Å². The number of carbonyl (C=O) groups is 1. The number of halogens is 1. The zero-order valence-corrected chi connectivity index (χ0v) is 10.4. The average Bonchev–Trinajstić information content (AvgIpc) is 2.46. The molecule has 0 amide bonds. The van der Waals surface area contributed by atoms with Crippen LogP contribution in [0.3, 0.4) is 0 Å². The van der Waals surface area contributed by atoms with E-state index in [-0.39, 0.29) is 12.4 Å². The summed E-state index contributed by atoms with van der Waals surface area (Å²) in [5.41, 5.74) is 0.793. The molecule has 0 atom stereocenters. The fraction of sp³-hybridized carbons (Fsp3) is 0.133. The van der Waals surface area contributed by atoms with Crippen LogP contribution in [0.15, 0.2) is 42.5 Å². The van der Waals surface area contributed by atoms with Gasteiger partial charge in [0.05, 0.1) is 12.7 Å². The van der Waals surface area contributed by atoms with Gasteiger partial charge in [-0.05, 0) is 18.2 Å². The Morgan fingerprint density at radius 1 is 1.16 bits per heavy atom. The molecule has 2 rings (SSSR count). The first-order chi connectivity index (χ1) is 9.26. The minimum Gasteiger partial charge on any atom is -0.493 e. The third kappa shape index (κ3) is 2.91. The van der Waals surface area contributed by atoms with E-state index < -0.39 is 0 Å². The van der Waals surface area contributed by atoms with Crippen LogP contribution in [0.5, 0.6) is 11.5 Å². The predicted molar refractivity (Wildman–Crippen MR) is 69.1 cm³/mol. The van der Waals surface area contributed by atoms with Crippen molar-refractivity contribution in [3.05, 3.63) is 59.4 Å². The molecule has 0 saturated heterocycles. The van der Waals surface area contributed by atoms with Gasteiger partial charge in [0.15, 0.2) is 17.8 Å². The van der Waals surface area contributed by atoms with Crippen molar-refractivity contribution in [3.8, 4) is 11.5 Å². The molecule has 0 spiro atoms. The summed E-state index contributed by atoms with van der Waals surface area (Å²) in [7, 11) is 1.49. The lowest BCUT2D eigenvalue weighted by Crippen LogP contribution is -2.02. The largest absolute Gasteiger partial charge is 0.493 e. The van der Waals surface area contributed by atoms with Crippen LogP contribution in [0.1, 0.15) is 15.9 Å². The van der Waals surface area contributed by atoms with Gasteiger partial charge in [0.1, 0.15) is 12.4 Å². The molecule has 19 heavy (non-hydrogen) atoms. The van der Waals surface area contributed by atoms with Crippen LogP contribution < -0.4 is 9.47 Å². The number of hydrogen-bond donors (Lipinski definition) is 0. The molecule has 3 nitrogen and oxygen atoms in total. The van der Waals surface area contributed by atoms with E-state index in [0.717, 1.165) is 0 Å². The number of rotatable bonds is 5. The topological polar surface area (TPSA) is 35.5 Å². The lowest BCUT2D eigenvalue weighted by atomic mass is 10.2. The summed E-state index contributed by atoms with van der Waals surface area (Å²) >= 11 is 0. The van der Waals surface area contributed by atoms with Crippen LogP contribution in [0.25, 0.3) is 0 Å². The Kier molecular flexibility index (Phi) is 4.13. The van der Waals surface area contributed by atoms with Gasteiger partial charge in [0.25, 0.3) is 0 Å². The van der Waals surface area contributed by atoms with Crippen LogP contribution in [0.2, 0.25) is 0 Å². The van der Waals surface area contributed by atoms with Gasteiger partial charge in [-0.2, -0.15) is 0 Å². The van der Waals surface area contributed by atoms with E-state index in [4.69, 9.17) is 9.47 Å². The summed E-state index contributed by atoms with van der Waals surface area (Å²) in [5, 5.41) is 0. The van der Waals surface area contributed by atoms with Crippen molar-refractivity contribution in [2.75, 3.05) is 7.11 Å². The molecule has 2 aromatic rings. The van der Waals surface area contributed by atoms with Crippen molar-refractivity contribution in [2.24, 2.45) is 0 Å². The number of benzene rings is 2. The normalized spacial score (nSPS) is 10.0. The van der Waals surface area contributed by atoms with Gasteiger partial charge in [-0.25, -0.2) is 4.39 Å². The minimum absolute atomic E-state index is 0.0356. The maximum atomic E-state index is 13.5. The van der Waals surface area contributed by atoms with Crippen molar-refractivity contribution >= 4 is 6.29 Å². The summed E-state index contributed by atoms with van der Waals surface area (Å²) in [5.74, 6) is 0.425. The first kappa shape index (κ1) is 13.1. The number of hydrogen-bond acceptors (Lipinski definition) is 3. The van der Waals surface area contributed by atoms with Crippen molar-refractivity contribution in [1.82, 2.24) is 0 Å². The maximum Gasteiger partial charge on any atom is 0.172 e. The molecular formula is C15H13FO3. The van der Waals surface area contributed by atoms with Crippen molar-refractivity contribution in [1.29, 1.82) is 0 Å². The number of para-hydroxylation sites is 1. The highest BCUT2D eigenvalue weighted by atomic mass is 19.1. The molecule has 2 aromatic carbocycles. The Hall–Kier alpha value is -2.36. The quantitative estimate of drug-likeness (QED) is 0.774. The van der Waals surface area contributed by atoms with Crippen molar-refractivity contribution in [2.45, 2.75) is 6.61 Å². The smallest absolute Gasteiger partial charge is 0.172 e. The third-order valence-corrected chi connectivity index (χ3v) is 2.69. The number of carbonyl (C=O) groups excluding carboxylic acids is 1. The van der Waals surface area contributed by atoms with Gasteiger partial charge in [0, 0.05) is 5.56 Å². The zero-order chi connectivity index (χ0) is 13.7. The molecular weight excluding hydrogens is 247 g/mol. The SMILES string of the molecule is COc1cccc(C=O)c1OCc1ccccc1F. The fourth-order valence-electron chi connectivity index (χ4n) is 1.71. The first-order valence-electron chi connectivity index (χ1n) is 5.74. The summed E-state index contributed by atoms with van der Waals surface area (Å²) in [6.07, 6.45) is 0.680. The van der Waals surface area contributed by atoms with E-state index in [0.29, 0.717) is 28.9 Å². The minimum atomic E-state index is -0.343. The van der Waals surface area contributed by atoms with E-state index in [1.165, 1.54) is 13.2 Å². The van der Waals surface area contributed by atoms with E-state index >= 15 is 0 Å². The highest BCUT2D eigenvalue weighted by molar-refractivity contribution is 5.81. The molecule has 0 radical (unpaired) electrons. The standard InChI is InChI=1S/C15H13FO3/c1-18-14-8-4-6-11(9-17)15(14)19-10-12-5-2-3-7-13(12)16/h2-9H,10H2,1H3. The van der Waals surface area contributed by atoms with Crippen LogP contribution in [0.4, 0.5) is 4.39 Å². The van der Waals surface area contributed by atoms with Crippen LogP contribution >= 0.6 is 0 Å². The molecule has 0 fully saturated rings. The summed E-state index contributed by atoms with van der Waals surface area (Å²) in [4.78, 5) is 11.0. The van der Waals surface area contributed by atoms with E-state index in [1.807, 2.05) is 0 Å². The van der Waals surface area contributed by atoms with Crippen LogP contribution in [0, 0.1) is 5.82 Å². The molecule has 4 heteroatoms. The lowest BCUT2D eigenvalue weighted by Gasteiger charge is -2.12. The predicted octanol–water partition coefficient (Wildman–Crippen LogP) is 3.23. The fourth-order valence-corrected chi connectivity index (χ4v) is 1.71. The molecule has 0 unspecified atom stereocenters. The van der Waals surface area contributed by atoms with E-state index in [2.05, 4.69) is 0 Å². The number of methoxy groups -OCH3 is 1. The monoisotopic (exact) mass is 260 g/mol. The van der Waals surface area contributed by atoms with Gasteiger partial charge in [-0.1, -0.05) is 24.3 Å². The van der Waals surface area contributed by atoms with Gasteiger partial charge in [-0.3, -0.25) is 4.79 Å². The van der Waals surface area contributed by atoms with Crippen LogP contribution in [-0.4, -0.2) is 13.4 Å². The molecule has 0 aliphatic rings. The van der Waals surface area contributed by atoms with Crippen molar-refractivity contribution in [3.63, 3.8) is 0 Å². The van der Waals surface area contributed by atoms with Crippen LogP contribution in [-0.2, 0) is 6.61 Å². The molecule has 0 aromatic heterocycles. The average molecular weight is 260 g/mol. The Morgan fingerprint density at radius 3 is 2.63 bits per heavy atom. The number of aldehydes is 1. The van der Waals surface area contributed by atoms with E-state index in [9.17, 15) is 9.18 Å². The Balaban J connectivity index is 2.24. The second-order valence-corrected chi connectivity index (χ2v) is 3.88. The summed E-state index contributed by atoms with van der Waals surface area (Å²) in [6, 6.07) is 11.3. The molecule has 98 valence electrons. The first-order valence-corrected chi connectivity index (χ1v) is 5.74. The summed E-state index contributed by atoms with van der Waals surface area (Å²) in [6.45, 7) is 0.0356. The Bertz CT molecular complexity index is 581. The number of ether oxygens (including phenoxy) is 2. The Morgan fingerprint density at radius 2 is 1.95 bits per heavy atom. The highest BCUT2D eigenvalue weighted by Gasteiger charge is 2.11. The molecule has 0 heterocycles. The van der Waals surface area contributed by atoms with Gasteiger partial charge >= 0.3 is 0 Å². The zero-order valence-electron chi connectivity index (χ0n) is 10.4.